The van der Waals surface area contributed by atoms with Crippen LogP contribution >= 0.6 is 0 Å². The lowest BCUT2D eigenvalue weighted by molar-refractivity contribution is -0.161. The molecule has 1 heterocycles. The van der Waals surface area contributed by atoms with Crippen LogP contribution in [0.2, 0.25) is 0 Å². The molecule has 1 aliphatic rings. The molecule has 0 radical (unpaired) electrons. The molecule has 0 fully saturated rings. The third-order valence-corrected chi connectivity index (χ3v) is 6.15. The molecule has 1 aliphatic heterocycles. The predicted octanol–water partition coefficient (Wildman–Crippen LogP) is 6.33. The van der Waals surface area contributed by atoms with E-state index in [0.29, 0.717) is 24.1 Å². The molecule has 3 N–H and O–H groups in total. The fraction of sp³-hybridized carbons (Fsp3) is 0.444. The third-order valence-electron chi connectivity index (χ3n) is 6.15. The highest BCUT2D eigenvalue weighted by atomic mass is 16.6. The van der Waals surface area contributed by atoms with Crippen molar-refractivity contribution in [2.24, 2.45) is 5.41 Å². The smallest absolute Gasteiger partial charge is 0.338 e. The number of ether oxygens (including phenoxy) is 1. The number of hydrogen-bond donors (Lipinski definition) is 2. The van der Waals surface area contributed by atoms with Gasteiger partial charge in [0, 0.05) is 18.0 Å². The first-order valence-corrected chi connectivity index (χ1v) is 11.2. The normalized spacial score (nSPS) is 20.5. The first kappa shape index (κ1) is 22.9. The average Bonchev–Trinajstić information content (AvgIpc) is 2.69. The zero-order valence-electron chi connectivity index (χ0n) is 19.2. The van der Waals surface area contributed by atoms with E-state index in [-0.39, 0.29) is 17.1 Å². The third kappa shape index (κ3) is 5.30. The highest BCUT2D eigenvalue weighted by molar-refractivity contribution is 5.92. The fourth-order valence-corrected chi connectivity index (χ4v) is 4.80. The van der Waals surface area contributed by atoms with Crippen molar-refractivity contribution in [2.75, 3.05) is 5.73 Å². The van der Waals surface area contributed by atoms with Crippen molar-refractivity contribution in [1.29, 1.82) is 0 Å². The molecule has 4 heteroatoms. The van der Waals surface area contributed by atoms with Crippen LogP contribution in [0.1, 0.15) is 70.4 Å². The lowest BCUT2D eigenvalue weighted by atomic mass is 9.70. The molecule has 0 aromatic heterocycles. The van der Waals surface area contributed by atoms with E-state index in [4.69, 9.17) is 10.5 Å². The van der Waals surface area contributed by atoms with E-state index >= 15 is 0 Å². The average molecular weight is 422 g/mol. The van der Waals surface area contributed by atoms with Gasteiger partial charge in [0.25, 0.3) is 0 Å². The van der Waals surface area contributed by atoms with Gasteiger partial charge in [-0.3, -0.25) is 0 Å². The van der Waals surface area contributed by atoms with Gasteiger partial charge in [0.1, 0.15) is 11.4 Å². The highest BCUT2D eigenvalue weighted by Gasteiger charge is 2.45. The van der Waals surface area contributed by atoms with Crippen molar-refractivity contribution < 1.29 is 14.6 Å². The number of benzene rings is 2. The molecule has 31 heavy (non-hydrogen) atoms. The molecular formula is C27H35NO3. The van der Waals surface area contributed by atoms with Crippen LogP contribution in [0, 0.1) is 5.41 Å². The highest BCUT2D eigenvalue weighted by Crippen LogP contribution is 2.47. The number of carbonyl (C=O) groups excluding carboxylic acids is 1. The Kier molecular flexibility index (Phi) is 6.78. The van der Waals surface area contributed by atoms with Crippen LogP contribution in [0.25, 0.3) is 0 Å². The van der Waals surface area contributed by atoms with Crippen LogP contribution in [0.15, 0.2) is 65.9 Å². The number of carbonyl (C=O) groups is 1. The monoisotopic (exact) mass is 421 g/mol. The minimum absolute atomic E-state index is 0.153. The van der Waals surface area contributed by atoms with Crippen LogP contribution in [0.5, 0.6) is 0 Å². The maximum absolute atomic E-state index is 13.4. The summed E-state index contributed by atoms with van der Waals surface area (Å²) in [5.41, 5.74) is 8.17. The Labute approximate surface area is 186 Å². The lowest BCUT2D eigenvalue weighted by Crippen LogP contribution is -2.43. The molecule has 4 nitrogen and oxygen atoms in total. The minimum atomic E-state index is -0.673. The van der Waals surface area contributed by atoms with E-state index in [9.17, 15) is 9.90 Å². The fourth-order valence-electron chi connectivity index (χ4n) is 4.80. The van der Waals surface area contributed by atoms with Crippen molar-refractivity contribution in [3.8, 4) is 0 Å². The first-order valence-electron chi connectivity index (χ1n) is 11.2. The van der Waals surface area contributed by atoms with Gasteiger partial charge >= 0.3 is 5.97 Å². The Balaban J connectivity index is 1.96. The summed E-state index contributed by atoms with van der Waals surface area (Å²) in [6.45, 7) is 8.28. The Morgan fingerprint density at radius 2 is 1.81 bits per heavy atom. The van der Waals surface area contributed by atoms with Crippen LogP contribution in [-0.4, -0.2) is 16.7 Å². The second-order valence-electron chi connectivity index (χ2n) is 9.81. The Morgan fingerprint density at radius 3 is 2.39 bits per heavy atom. The Morgan fingerprint density at radius 1 is 1.10 bits per heavy atom. The Hall–Kier alpha value is -2.75. The summed E-state index contributed by atoms with van der Waals surface area (Å²) < 4.78 is 6.16. The molecule has 0 amide bonds. The van der Waals surface area contributed by atoms with E-state index in [1.54, 1.807) is 0 Å². The van der Waals surface area contributed by atoms with Gasteiger partial charge in [-0.25, -0.2) is 4.79 Å². The number of nitrogen functional groups attached to an aromatic ring is 1. The summed E-state index contributed by atoms with van der Waals surface area (Å²) in [5.74, 6) is -0.565. The molecule has 2 aromatic carbocycles. The summed E-state index contributed by atoms with van der Waals surface area (Å²) in [6, 6.07) is 17.8. The van der Waals surface area contributed by atoms with Crippen LogP contribution in [-0.2, 0) is 16.0 Å². The van der Waals surface area contributed by atoms with Crippen LogP contribution < -0.4 is 5.73 Å². The molecule has 0 bridgehead atoms. The summed E-state index contributed by atoms with van der Waals surface area (Å²) in [5, 5.41) is 11.2. The molecule has 2 atom stereocenters. The van der Waals surface area contributed by atoms with Crippen LogP contribution in [0.4, 0.5) is 5.69 Å². The zero-order chi connectivity index (χ0) is 22.6. The molecule has 0 saturated carbocycles. The van der Waals surface area contributed by atoms with Crippen molar-refractivity contribution in [3.63, 3.8) is 0 Å². The van der Waals surface area contributed by atoms with E-state index in [2.05, 4.69) is 39.8 Å². The molecule has 0 saturated heterocycles. The van der Waals surface area contributed by atoms with Crippen molar-refractivity contribution in [3.05, 3.63) is 77.1 Å². The van der Waals surface area contributed by atoms with Crippen molar-refractivity contribution >= 4 is 11.7 Å². The van der Waals surface area contributed by atoms with Gasteiger partial charge in [0.05, 0.1) is 5.57 Å². The number of cyclic esters (lactones) is 1. The predicted molar refractivity (Wildman–Crippen MR) is 126 cm³/mol. The summed E-state index contributed by atoms with van der Waals surface area (Å²) in [4.78, 5) is 13.4. The van der Waals surface area contributed by atoms with Gasteiger partial charge in [-0.2, -0.15) is 0 Å². The number of esters is 1. The topological polar surface area (TPSA) is 72.5 Å². The van der Waals surface area contributed by atoms with Gasteiger partial charge in [-0.05, 0) is 47.9 Å². The van der Waals surface area contributed by atoms with Crippen molar-refractivity contribution in [1.82, 2.24) is 0 Å². The number of hydrogen-bond acceptors (Lipinski definition) is 4. The number of aryl methyl sites for hydroxylation is 1. The molecule has 1 unspecified atom stereocenters. The van der Waals surface area contributed by atoms with Gasteiger partial charge in [-0.15, -0.1) is 0 Å². The van der Waals surface area contributed by atoms with Crippen LogP contribution in [0.3, 0.4) is 0 Å². The number of rotatable bonds is 7. The maximum atomic E-state index is 13.4. The first-order chi connectivity index (χ1) is 14.6. The van der Waals surface area contributed by atoms with Gasteiger partial charge < -0.3 is 15.6 Å². The second kappa shape index (κ2) is 9.17. The number of aliphatic hydroxyl groups is 1. The van der Waals surface area contributed by atoms with E-state index in [1.807, 2.05) is 42.5 Å². The van der Waals surface area contributed by atoms with Gasteiger partial charge in [0.2, 0.25) is 0 Å². The molecule has 0 aliphatic carbocycles. The standard InChI is InChI=1S/C27H35NO3/c1-5-15-27(16-14-19-10-7-6-8-11-19)18-22(29)23(25(30)31-27)24(26(2,3)4)20-12-9-13-21(28)17-20/h6-13,17,24,29H,5,14-16,18,28H2,1-4H3/t24?,27-/m1/s1. The van der Waals surface area contributed by atoms with Gasteiger partial charge in [0.15, 0.2) is 0 Å². The van der Waals surface area contributed by atoms with Crippen molar-refractivity contribution in [2.45, 2.75) is 71.3 Å². The van der Waals surface area contributed by atoms with E-state index < -0.39 is 11.6 Å². The number of anilines is 1. The Bertz CT molecular complexity index is 942. The number of nitrogens with two attached hydrogens (primary N) is 1. The molecule has 166 valence electrons. The molecule has 3 rings (SSSR count). The largest absolute Gasteiger partial charge is 0.512 e. The van der Waals surface area contributed by atoms with E-state index in [0.717, 1.165) is 24.8 Å². The molecule has 0 spiro atoms. The second-order valence-corrected chi connectivity index (χ2v) is 9.81. The summed E-state index contributed by atoms with van der Waals surface area (Å²) >= 11 is 0. The molecule has 2 aromatic rings. The number of aliphatic hydroxyl groups excluding tert-OH is 1. The summed E-state index contributed by atoms with van der Waals surface area (Å²) in [6.07, 6.45) is 3.44. The minimum Gasteiger partial charge on any atom is -0.512 e. The summed E-state index contributed by atoms with van der Waals surface area (Å²) in [7, 11) is 0. The molecular weight excluding hydrogens is 386 g/mol. The SMILES string of the molecule is CCC[C@@]1(CCc2ccccc2)CC(O)=C(C(c2cccc(N)c2)C(C)(C)C)C(=O)O1. The zero-order valence-corrected chi connectivity index (χ0v) is 19.2. The lowest BCUT2D eigenvalue weighted by Gasteiger charge is -2.41. The quantitative estimate of drug-likeness (QED) is 0.405. The maximum Gasteiger partial charge on any atom is 0.338 e. The van der Waals surface area contributed by atoms with Gasteiger partial charge in [-0.1, -0.05) is 76.6 Å². The van der Waals surface area contributed by atoms with E-state index in [1.165, 1.54) is 5.56 Å².